The lowest BCUT2D eigenvalue weighted by atomic mass is 9.77. The Morgan fingerprint density at radius 1 is 1.27 bits per heavy atom. The molecule has 0 saturated carbocycles. The summed E-state index contributed by atoms with van der Waals surface area (Å²) >= 11 is 0. The Morgan fingerprint density at radius 3 is 2.68 bits per heavy atom. The van der Waals surface area contributed by atoms with Gasteiger partial charge in [-0.2, -0.15) is 0 Å². The molecule has 0 fully saturated rings. The van der Waals surface area contributed by atoms with Crippen LogP contribution in [0.4, 0.5) is 0 Å². The molecule has 0 saturated heterocycles. The van der Waals surface area contributed by atoms with E-state index in [1.807, 2.05) is 43.3 Å². The average molecular weight is 298 g/mol. The van der Waals surface area contributed by atoms with Gasteiger partial charge in [-0.3, -0.25) is 4.79 Å². The summed E-state index contributed by atoms with van der Waals surface area (Å²) in [5.41, 5.74) is 2.14. The molecule has 0 bridgehead atoms. The highest BCUT2D eigenvalue weighted by Gasteiger charge is 2.37. The first-order valence-corrected chi connectivity index (χ1v) is 6.97. The fourth-order valence-electron chi connectivity index (χ4n) is 2.72. The zero-order valence-corrected chi connectivity index (χ0v) is 12.0. The molecule has 0 amide bonds. The first kappa shape index (κ1) is 14.6. The van der Waals surface area contributed by atoms with Crippen molar-refractivity contribution in [3.05, 3.63) is 53.6 Å². The molecule has 6 heteroatoms. The summed E-state index contributed by atoms with van der Waals surface area (Å²) in [6, 6.07) is 12.8. The predicted molar refractivity (Wildman–Crippen MR) is 81.4 cm³/mol. The molecule has 0 aliphatic carbocycles. The number of carboxylic acids is 1. The molecule has 3 rings (SSSR count). The molecule has 2 aromatic rings. The summed E-state index contributed by atoms with van der Waals surface area (Å²) in [4.78, 5) is 10.9. The van der Waals surface area contributed by atoms with Crippen molar-refractivity contribution in [2.75, 3.05) is 0 Å². The Labute approximate surface area is 128 Å². The van der Waals surface area contributed by atoms with Crippen molar-refractivity contribution in [3.63, 3.8) is 0 Å². The number of hydrogen-bond acceptors (Lipinski definition) is 4. The van der Waals surface area contributed by atoms with Crippen LogP contribution >= 0.6 is 0 Å². The highest BCUT2D eigenvalue weighted by molar-refractivity contribution is 6.62. The van der Waals surface area contributed by atoms with Gasteiger partial charge in [-0.05, 0) is 47.8 Å². The fraction of sp³-hybridized carbons (Fsp3) is 0.188. The largest absolute Gasteiger partial charge is 0.492 e. The van der Waals surface area contributed by atoms with Gasteiger partial charge >= 0.3 is 13.1 Å². The van der Waals surface area contributed by atoms with Gasteiger partial charge in [-0.15, -0.1) is 0 Å². The van der Waals surface area contributed by atoms with Crippen LogP contribution in [-0.2, 0) is 9.45 Å². The lowest BCUT2D eigenvalue weighted by Crippen LogP contribution is -2.28. The maximum absolute atomic E-state index is 10.9. The second-order valence-corrected chi connectivity index (χ2v) is 5.23. The van der Waals surface area contributed by atoms with Crippen LogP contribution in [0.5, 0.6) is 11.5 Å². The molecule has 1 aliphatic heterocycles. The maximum atomic E-state index is 10.9. The lowest BCUT2D eigenvalue weighted by Gasteiger charge is -2.13. The fourth-order valence-corrected chi connectivity index (χ4v) is 2.72. The van der Waals surface area contributed by atoms with Crippen LogP contribution in [0.3, 0.4) is 0 Å². The van der Waals surface area contributed by atoms with E-state index in [-0.39, 0.29) is 6.42 Å². The van der Waals surface area contributed by atoms with E-state index in [2.05, 4.69) is 0 Å². The van der Waals surface area contributed by atoms with Gasteiger partial charge in [0.05, 0.1) is 12.5 Å². The molecule has 5 nitrogen and oxygen atoms in total. The number of carboxylic acid groups (broad SMARTS) is 1. The van der Waals surface area contributed by atoms with Crippen LogP contribution in [0.1, 0.15) is 23.7 Å². The Kier molecular flexibility index (Phi) is 3.87. The second kappa shape index (κ2) is 5.83. The van der Waals surface area contributed by atoms with Crippen molar-refractivity contribution in [1.82, 2.24) is 0 Å². The number of para-hydroxylation sites is 1. The van der Waals surface area contributed by atoms with Gasteiger partial charge in [0.15, 0.2) is 0 Å². The second-order valence-electron chi connectivity index (χ2n) is 5.23. The van der Waals surface area contributed by atoms with Gasteiger partial charge in [0.25, 0.3) is 0 Å². The highest BCUT2D eigenvalue weighted by atomic mass is 16.5. The van der Waals surface area contributed by atoms with Crippen LogP contribution in [0, 0.1) is 6.92 Å². The van der Waals surface area contributed by atoms with Crippen molar-refractivity contribution in [2.45, 2.75) is 19.4 Å². The zero-order valence-electron chi connectivity index (χ0n) is 12.0. The number of fused-ring (bicyclic) bond motifs is 1. The van der Waals surface area contributed by atoms with E-state index in [9.17, 15) is 9.82 Å². The van der Waals surface area contributed by atoms with E-state index in [0.29, 0.717) is 17.0 Å². The molecular formula is C16H15BO5. The molecule has 0 radical (unpaired) electrons. The number of ether oxygens (including phenoxy) is 1. The Hall–Kier alpha value is -2.31. The number of hydrogen-bond donors (Lipinski definition) is 2. The molecule has 112 valence electrons. The minimum Gasteiger partial charge on any atom is -0.481 e. The average Bonchev–Trinajstić information content (AvgIpc) is 2.76. The van der Waals surface area contributed by atoms with Gasteiger partial charge in [-0.25, -0.2) is 0 Å². The molecule has 1 unspecified atom stereocenters. The molecule has 1 aliphatic rings. The first-order chi connectivity index (χ1) is 10.5. The van der Waals surface area contributed by atoms with Crippen molar-refractivity contribution in [1.29, 1.82) is 0 Å². The summed E-state index contributed by atoms with van der Waals surface area (Å²) in [7, 11) is -1.13. The first-order valence-electron chi connectivity index (χ1n) is 6.97. The van der Waals surface area contributed by atoms with Gasteiger partial charge < -0.3 is 19.5 Å². The van der Waals surface area contributed by atoms with E-state index >= 15 is 0 Å². The normalized spacial score (nSPS) is 16.5. The summed E-state index contributed by atoms with van der Waals surface area (Å²) in [6.07, 6.45) is -0.808. The molecule has 2 N–H and O–H groups in total. The van der Waals surface area contributed by atoms with Crippen LogP contribution in [-0.4, -0.2) is 23.2 Å². The molecule has 2 aromatic carbocycles. The minimum absolute atomic E-state index is 0.177. The Balaban J connectivity index is 1.93. The third-order valence-electron chi connectivity index (χ3n) is 3.61. The maximum Gasteiger partial charge on any atom is 0.492 e. The van der Waals surface area contributed by atoms with Crippen LogP contribution in [0.15, 0.2) is 42.5 Å². The lowest BCUT2D eigenvalue weighted by molar-refractivity contribution is -0.138. The van der Waals surface area contributed by atoms with Crippen molar-refractivity contribution < 1.29 is 24.3 Å². The van der Waals surface area contributed by atoms with Crippen LogP contribution in [0.2, 0.25) is 0 Å². The molecule has 0 aromatic heterocycles. The SMILES string of the molecule is Cc1cc(Oc2ccccc2)cc2c1C(CC(=O)O)OB2O. The number of carbonyl (C=O) groups is 1. The topological polar surface area (TPSA) is 76.0 Å². The highest BCUT2D eigenvalue weighted by Crippen LogP contribution is 2.32. The summed E-state index contributed by atoms with van der Waals surface area (Å²) in [5.74, 6) is 0.312. The van der Waals surface area contributed by atoms with E-state index in [1.54, 1.807) is 6.07 Å². The van der Waals surface area contributed by atoms with Crippen molar-refractivity contribution in [3.8, 4) is 11.5 Å². The summed E-state index contributed by atoms with van der Waals surface area (Å²) < 4.78 is 11.1. The molecule has 1 atom stereocenters. The van der Waals surface area contributed by atoms with E-state index < -0.39 is 19.2 Å². The monoisotopic (exact) mass is 298 g/mol. The standard InChI is InChI=1S/C16H15BO5/c1-10-7-12(21-11-5-3-2-4-6-11)8-13-16(10)14(9-15(18)19)22-17(13)20/h2-8,14,20H,9H2,1H3,(H,18,19). The summed E-state index contributed by atoms with van der Waals surface area (Å²) in [6.45, 7) is 1.85. The zero-order chi connectivity index (χ0) is 15.7. The summed E-state index contributed by atoms with van der Waals surface area (Å²) in [5, 5.41) is 18.9. The molecule has 22 heavy (non-hydrogen) atoms. The van der Waals surface area contributed by atoms with Crippen molar-refractivity contribution in [2.24, 2.45) is 0 Å². The Bertz CT molecular complexity index is 701. The quantitative estimate of drug-likeness (QED) is 0.845. The number of aryl methyl sites for hydroxylation is 1. The van der Waals surface area contributed by atoms with Crippen LogP contribution in [0.25, 0.3) is 0 Å². The van der Waals surface area contributed by atoms with Gasteiger partial charge in [0, 0.05) is 0 Å². The number of benzene rings is 2. The van der Waals surface area contributed by atoms with E-state index in [1.165, 1.54) is 0 Å². The molecule has 1 heterocycles. The number of rotatable bonds is 4. The number of aliphatic carboxylic acids is 1. The van der Waals surface area contributed by atoms with Gasteiger partial charge in [0.1, 0.15) is 11.5 Å². The third-order valence-corrected chi connectivity index (χ3v) is 3.61. The van der Waals surface area contributed by atoms with Crippen LogP contribution < -0.4 is 10.2 Å². The minimum atomic E-state index is -1.13. The van der Waals surface area contributed by atoms with E-state index in [4.69, 9.17) is 14.5 Å². The smallest absolute Gasteiger partial charge is 0.481 e. The molecule has 0 spiro atoms. The molecular weight excluding hydrogens is 283 g/mol. The Morgan fingerprint density at radius 2 is 2.00 bits per heavy atom. The van der Waals surface area contributed by atoms with Gasteiger partial charge in [0.2, 0.25) is 0 Å². The predicted octanol–water partition coefficient (Wildman–Crippen LogP) is 2.02. The van der Waals surface area contributed by atoms with Gasteiger partial charge in [-0.1, -0.05) is 18.2 Å². The van der Waals surface area contributed by atoms with E-state index in [0.717, 1.165) is 11.1 Å². The third kappa shape index (κ3) is 2.84. The van der Waals surface area contributed by atoms with Crippen molar-refractivity contribution >= 4 is 18.6 Å².